The molecule has 0 fully saturated rings. The number of carbonyl (C=O) groups is 1. The molecular formula is C23H19BrFN3O4. The fraction of sp³-hybridized carbons (Fsp3) is 0.130. The summed E-state index contributed by atoms with van der Waals surface area (Å²) in [4.78, 5) is 12.7. The lowest BCUT2D eigenvalue weighted by Crippen LogP contribution is -2.12. The molecule has 1 aromatic heterocycles. The minimum absolute atomic E-state index is 0.0850. The number of benzene rings is 3. The van der Waals surface area contributed by atoms with Crippen molar-refractivity contribution in [2.24, 2.45) is 0 Å². The number of aromatic nitrogens is 2. The van der Waals surface area contributed by atoms with E-state index in [0.29, 0.717) is 49.6 Å². The third-order valence-electron chi connectivity index (χ3n) is 4.82. The highest BCUT2D eigenvalue weighted by Crippen LogP contribution is 2.29. The second kappa shape index (κ2) is 9.27. The molecule has 0 aliphatic carbocycles. The van der Waals surface area contributed by atoms with Crippen LogP contribution in [0.4, 0.5) is 10.2 Å². The number of rotatable bonds is 7. The number of fused-ring (bicyclic) bond motifs is 1. The molecule has 32 heavy (non-hydrogen) atoms. The predicted molar refractivity (Wildman–Crippen MR) is 122 cm³/mol. The summed E-state index contributed by atoms with van der Waals surface area (Å²) in [5.74, 6) is 1.22. The molecule has 3 aromatic carbocycles. The number of amides is 1. The summed E-state index contributed by atoms with van der Waals surface area (Å²) in [6.07, 6.45) is 0. The van der Waals surface area contributed by atoms with Crippen molar-refractivity contribution >= 4 is 38.6 Å². The Labute approximate surface area is 191 Å². The van der Waals surface area contributed by atoms with Gasteiger partial charge in [0.15, 0.2) is 17.3 Å². The molecule has 0 atom stereocenters. The van der Waals surface area contributed by atoms with Gasteiger partial charge in [0.2, 0.25) is 0 Å². The van der Waals surface area contributed by atoms with Gasteiger partial charge in [-0.3, -0.25) is 9.89 Å². The maximum atomic E-state index is 14.0. The van der Waals surface area contributed by atoms with E-state index in [-0.39, 0.29) is 18.3 Å². The summed E-state index contributed by atoms with van der Waals surface area (Å²) in [6, 6.07) is 15.0. The molecule has 0 aliphatic rings. The molecule has 4 aromatic rings. The van der Waals surface area contributed by atoms with Crippen LogP contribution < -0.4 is 19.5 Å². The molecule has 1 amide bonds. The lowest BCUT2D eigenvalue weighted by molar-refractivity contribution is 0.102. The largest absolute Gasteiger partial charge is 0.493 e. The normalized spacial score (nSPS) is 10.8. The molecule has 2 N–H and O–H groups in total. The molecule has 1 heterocycles. The third-order valence-corrected chi connectivity index (χ3v) is 5.31. The molecule has 164 valence electrons. The minimum Gasteiger partial charge on any atom is -0.493 e. The van der Waals surface area contributed by atoms with Crippen LogP contribution in [-0.2, 0) is 6.61 Å². The van der Waals surface area contributed by atoms with Crippen LogP contribution in [0.1, 0.15) is 15.9 Å². The van der Waals surface area contributed by atoms with Gasteiger partial charge in [-0.15, -0.1) is 0 Å². The van der Waals surface area contributed by atoms with Crippen molar-refractivity contribution in [3.05, 3.63) is 76.0 Å². The van der Waals surface area contributed by atoms with Gasteiger partial charge in [0.1, 0.15) is 18.2 Å². The van der Waals surface area contributed by atoms with E-state index in [2.05, 4.69) is 31.4 Å². The average molecular weight is 500 g/mol. The van der Waals surface area contributed by atoms with Crippen LogP contribution in [0.15, 0.2) is 59.1 Å². The van der Waals surface area contributed by atoms with Crippen LogP contribution in [0.3, 0.4) is 0 Å². The zero-order chi connectivity index (χ0) is 22.7. The summed E-state index contributed by atoms with van der Waals surface area (Å²) in [5.41, 5.74) is 1.51. The van der Waals surface area contributed by atoms with Crippen molar-refractivity contribution < 1.29 is 23.4 Å². The van der Waals surface area contributed by atoms with Crippen molar-refractivity contribution in [2.75, 3.05) is 19.5 Å². The highest BCUT2D eigenvalue weighted by molar-refractivity contribution is 9.10. The van der Waals surface area contributed by atoms with E-state index in [4.69, 9.17) is 14.2 Å². The Morgan fingerprint density at radius 2 is 1.88 bits per heavy atom. The van der Waals surface area contributed by atoms with Gasteiger partial charge in [-0.1, -0.05) is 22.0 Å². The first-order valence-electron chi connectivity index (χ1n) is 9.56. The lowest BCUT2D eigenvalue weighted by Gasteiger charge is -2.09. The van der Waals surface area contributed by atoms with E-state index < -0.39 is 0 Å². The van der Waals surface area contributed by atoms with Crippen LogP contribution in [0.25, 0.3) is 10.9 Å². The van der Waals surface area contributed by atoms with Crippen LogP contribution in [0.5, 0.6) is 17.2 Å². The molecule has 0 saturated carbocycles. The molecule has 4 rings (SSSR count). The summed E-state index contributed by atoms with van der Waals surface area (Å²) < 4.78 is 30.8. The van der Waals surface area contributed by atoms with Gasteiger partial charge in [0.05, 0.1) is 19.7 Å². The van der Waals surface area contributed by atoms with Gasteiger partial charge in [-0.2, -0.15) is 5.10 Å². The van der Waals surface area contributed by atoms with Crippen molar-refractivity contribution in [2.45, 2.75) is 6.61 Å². The molecule has 0 unspecified atom stereocenters. The van der Waals surface area contributed by atoms with Crippen molar-refractivity contribution in [1.82, 2.24) is 10.2 Å². The first kappa shape index (κ1) is 21.6. The van der Waals surface area contributed by atoms with Crippen LogP contribution >= 0.6 is 15.9 Å². The van der Waals surface area contributed by atoms with Crippen LogP contribution in [0, 0.1) is 5.82 Å². The second-order valence-corrected chi connectivity index (χ2v) is 7.74. The van der Waals surface area contributed by atoms with Crippen molar-refractivity contribution in [3.63, 3.8) is 0 Å². The smallest absolute Gasteiger partial charge is 0.257 e. The Morgan fingerprint density at radius 3 is 2.62 bits per heavy atom. The summed E-state index contributed by atoms with van der Waals surface area (Å²) >= 11 is 3.23. The summed E-state index contributed by atoms with van der Waals surface area (Å²) in [7, 11) is 3.03. The molecule has 0 aliphatic heterocycles. The molecule has 0 radical (unpaired) electrons. The van der Waals surface area contributed by atoms with E-state index in [1.807, 2.05) is 0 Å². The molecule has 7 nitrogen and oxygen atoms in total. The average Bonchev–Trinajstić information content (AvgIpc) is 3.19. The van der Waals surface area contributed by atoms with Gasteiger partial charge in [-0.25, -0.2) is 4.39 Å². The maximum absolute atomic E-state index is 14.0. The summed E-state index contributed by atoms with van der Waals surface area (Å²) in [5, 5.41) is 10.6. The van der Waals surface area contributed by atoms with E-state index in [1.54, 1.807) is 48.5 Å². The highest BCUT2D eigenvalue weighted by Gasteiger charge is 2.14. The monoisotopic (exact) mass is 499 g/mol. The predicted octanol–water partition coefficient (Wildman–Crippen LogP) is 5.31. The van der Waals surface area contributed by atoms with E-state index in [1.165, 1.54) is 20.3 Å². The minimum atomic E-state index is -0.345. The van der Waals surface area contributed by atoms with E-state index in [9.17, 15) is 9.18 Å². The fourth-order valence-corrected chi connectivity index (χ4v) is 3.47. The lowest BCUT2D eigenvalue weighted by atomic mass is 10.2. The highest BCUT2D eigenvalue weighted by atomic mass is 79.9. The first-order valence-corrected chi connectivity index (χ1v) is 10.4. The fourth-order valence-electron chi connectivity index (χ4n) is 3.14. The van der Waals surface area contributed by atoms with Crippen molar-refractivity contribution in [1.29, 1.82) is 0 Å². The van der Waals surface area contributed by atoms with E-state index in [0.717, 1.165) is 0 Å². The number of hydrogen-bond donors (Lipinski definition) is 2. The molecular weight excluding hydrogens is 481 g/mol. The van der Waals surface area contributed by atoms with Gasteiger partial charge in [0, 0.05) is 27.1 Å². The number of aromatic amines is 1. The Kier molecular flexibility index (Phi) is 6.27. The number of anilines is 1. The Bertz CT molecular complexity index is 1290. The zero-order valence-corrected chi connectivity index (χ0v) is 18.8. The Balaban J connectivity index is 1.48. The van der Waals surface area contributed by atoms with Gasteiger partial charge >= 0.3 is 0 Å². The van der Waals surface area contributed by atoms with Crippen molar-refractivity contribution in [3.8, 4) is 17.2 Å². The van der Waals surface area contributed by atoms with Gasteiger partial charge in [0.25, 0.3) is 5.91 Å². The number of nitrogens with zero attached hydrogens (tertiary/aromatic N) is 1. The van der Waals surface area contributed by atoms with Crippen LogP contribution in [0.2, 0.25) is 0 Å². The van der Waals surface area contributed by atoms with Gasteiger partial charge < -0.3 is 19.5 Å². The van der Waals surface area contributed by atoms with Crippen LogP contribution in [-0.4, -0.2) is 30.3 Å². The summed E-state index contributed by atoms with van der Waals surface area (Å²) in [6.45, 7) is 0.0850. The second-order valence-electron chi connectivity index (χ2n) is 6.83. The number of hydrogen-bond acceptors (Lipinski definition) is 5. The quantitative estimate of drug-likeness (QED) is 0.359. The number of nitrogens with one attached hydrogen (secondary N) is 2. The molecule has 0 bridgehead atoms. The number of halogens is 2. The standard InChI is InChI=1S/C23H19BrFN3O4/c1-30-20-8-4-13(9-21(20)31-2)23(29)26-22-17-7-6-16(11-19(17)27-28-22)32-12-14-3-5-15(24)10-18(14)25/h3-11H,12H2,1-2H3,(H2,26,27,28,29). The number of H-pyrrole nitrogens is 1. The topological polar surface area (TPSA) is 85.5 Å². The third kappa shape index (κ3) is 4.52. The number of carbonyl (C=O) groups excluding carboxylic acids is 1. The van der Waals surface area contributed by atoms with E-state index >= 15 is 0 Å². The zero-order valence-electron chi connectivity index (χ0n) is 17.2. The first-order chi connectivity index (χ1) is 15.5. The Hall–Kier alpha value is -3.59. The molecule has 0 spiro atoms. The number of ether oxygens (including phenoxy) is 3. The molecule has 9 heteroatoms. The Morgan fingerprint density at radius 1 is 1.06 bits per heavy atom. The SMILES string of the molecule is COc1ccc(C(=O)Nc2n[nH]c3cc(OCc4ccc(Br)cc4F)ccc23)cc1OC. The maximum Gasteiger partial charge on any atom is 0.257 e. The molecule has 0 saturated heterocycles. The van der Waals surface area contributed by atoms with Gasteiger partial charge in [-0.05, 0) is 42.5 Å². The number of methoxy groups -OCH3 is 2.